The molecule has 0 N–H and O–H groups in total. The Balaban J connectivity index is 0.931. The van der Waals surface area contributed by atoms with Crippen LogP contribution in [0.3, 0.4) is 0 Å². The maximum Gasteiger partial charge on any atom is 0.165 e. The summed E-state index contributed by atoms with van der Waals surface area (Å²) in [6.45, 7) is 4.70. The molecule has 0 saturated carbocycles. The fourth-order valence-corrected chi connectivity index (χ4v) is 11.3. The Morgan fingerprint density at radius 2 is 0.675 bits per heavy atom. The molecule has 1 aliphatic carbocycles. The Morgan fingerprint density at radius 1 is 0.286 bits per heavy atom. The van der Waals surface area contributed by atoms with Crippen LogP contribution in [-0.2, 0) is 5.41 Å². The van der Waals surface area contributed by atoms with Gasteiger partial charge in [-0.05, 0) is 155 Å². The Labute approximate surface area is 446 Å². The van der Waals surface area contributed by atoms with Crippen LogP contribution in [0.4, 0.5) is 0 Å². The lowest BCUT2D eigenvalue weighted by Crippen LogP contribution is -2.15. The highest BCUT2D eigenvalue weighted by atomic mass is 15.0. The lowest BCUT2D eigenvalue weighted by Gasteiger charge is -2.24. The number of rotatable bonds is 9. The molecule has 8 aromatic carbocycles. The van der Waals surface area contributed by atoms with Gasteiger partial charge in [-0.2, -0.15) is 0 Å². The highest BCUT2D eigenvalue weighted by Gasteiger charge is 2.37. The summed E-state index contributed by atoms with van der Waals surface area (Å²) in [5, 5.41) is 4.87. The van der Waals surface area contributed by atoms with Gasteiger partial charge >= 0.3 is 0 Å². The van der Waals surface area contributed by atoms with Crippen molar-refractivity contribution in [3.05, 3.63) is 261 Å². The molecule has 0 radical (unpaired) electrons. The number of nitrogens with zero attached hydrogens (tertiary/aromatic N) is 7. The minimum Gasteiger partial charge on any atom is -0.265 e. The van der Waals surface area contributed by atoms with Crippen molar-refractivity contribution in [3.8, 4) is 112 Å². The topological polar surface area (TPSA) is 90.2 Å². The van der Waals surface area contributed by atoms with Crippen LogP contribution in [0, 0.1) is 0 Å². The van der Waals surface area contributed by atoms with Gasteiger partial charge in [-0.15, -0.1) is 0 Å². The number of fused-ring (bicyclic) bond motifs is 5. The normalized spacial score (nSPS) is 12.4. The van der Waals surface area contributed by atoms with Crippen molar-refractivity contribution in [2.75, 3.05) is 0 Å². The molecular formula is C70H47N7. The second kappa shape index (κ2) is 18.7. The van der Waals surface area contributed by atoms with Gasteiger partial charge in [-0.1, -0.05) is 159 Å². The molecule has 0 fully saturated rings. The minimum absolute atomic E-state index is 0.384. The first kappa shape index (κ1) is 45.5. The van der Waals surface area contributed by atoms with Crippen molar-refractivity contribution in [2.24, 2.45) is 0 Å². The van der Waals surface area contributed by atoms with E-state index in [1.54, 1.807) is 24.8 Å². The van der Waals surface area contributed by atoms with Crippen LogP contribution in [0.15, 0.2) is 250 Å². The van der Waals surface area contributed by atoms with Gasteiger partial charge in [0.1, 0.15) is 0 Å². The van der Waals surface area contributed by atoms with Gasteiger partial charge in [0.15, 0.2) is 17.5 Å². The number of hydrogen-bond acceptors (Lipinski definition) is 7. The smallest absolute Gasteiger partial charge is 0.165 e. The molecule has 0 unspecified atom stereocenters. The summed E-state index contributed by atoms with van der Waals surface area (Å²) in [5.74, 6) is 1.61. The number of pyridine rings is 4. The van der Waals surface area contributed by atoms with E-state index in [4.69, 9.17) is 24.9 Å². The zero-order valence-corrected chi connectivity index (χ0v) is 42.3. The molecule has 5 heterocycles. The fourth-order valence-electron chi connectivity index (χ4n) is 11.3. The predicted octanol–water partition coefficient (Wildman–Crippen LogP) is 17.1. The Bertz CT molecular complexity index is 4240. The summed E-state index contributed by atoms with van der Waals surface area (Å²) >= 11 is 0. The van der Waals surface area contributed by atoms with E-state index in [0.717, 1.165) is 39.2 Å². The Kier molecular flexibility index (Phi) is 11.0. The number of hydrogen-bond donors (Lipinski definition) is 0. The minimum atomic E-state index is -0.384. The zero-order valence-electron chi connectivity index (χ0n) is 42.3. The van der Waals surface area contributed by atoms with E-state index in [1.807, 2.05) is 60.9 Å². The molecular weight excluding hydrogens is 939 g/mol. The van der Waals surface area contributed by atoms with Crippen molar-refractivity contribution < 1.29 is 0 Å². The molecule has 0 spiro atoms. The zero-order chi connectivity index (χ0) is 51.5. The molecule has 77 heavy (non-hydrogen) atoms. The van der Waals surface area contributed by atoms with E-state index in [0.29, 0.717) is 17.5 Å². The molecule has 0 atom stereocenters. The second-order valence-electron chi connectivity index (χ2n) is 20.2. The van der Waals surface area contributed by atoms with E-state index in [1.165, 1.54) is 88.3 Å². The van der Waals surface area contributed by atoms with Gasteiger partial charge in [0, 0.05) is 70.4 Å². The maximum absolute atomic E-state index is 5.21. The van der Waals surface area contributed by atoms with Gasteiger partial charge in [-0.25, -0.2) is 15.0 Å². The molecule has 362 valence electrons. The quantitative estimate of drug-likeness (QED) is 0.133. The first-order valence-corrected chi connectivity index (χ1v) is 25.9. The molecule has 0 bridgehead atoms. The molecule has 1 aliphatic rings. The van der Waals surface area contributed by atoms with Crippen LogP contribution in [0.1, 0.15) is 25.0 Å². The first-order valence-electron chi connectivity index (χ1n) is 25.9. The SMILES string of the molecule is CC1(C)c2cc(-c3nc(-c4ccc(-c5ccncc5)nc4)nc(-c4ccc(-c5ccncc5)nc4)n3)ccc2-c2cc3c(-c4ccc(-c5ccccc5)cc4)c4ccccc4c(-c4ccc(-c5ccccc5)cc4)c3cc21. The largest absolute Gasteiger partial charge is 0.265 e. The third-order valence-corrected chi connectivity index (χ3v) is 15.3. The van der Waals surface area contributed by atoms with Crippen LogP contribution < -0.4 is 0 Å². The molecule has 5 aromatic heterocycles. The molecule has 13 aromatic rings. The lowest BCUT2D eigenvalue weighted by molar-refractivity contribution is 0.661. The summed E-state index contributed by atoms with van der Waals surface area (Å²) in [6, 6.07) is 75.9. The summed E-state index contributed by atoms with van der Waals surface area (Å²) in [6.07, 6.45) is 10.8. The molecule has 7 heteroatoms. The summed E-state index contributed by atoms with van der Waals surface area (Å²) < 4.78 is 0. The van der Waals surface area contributed by atoms with Crippen LogP contribution in [0.5, 0.6) is 0 Å². The molecule has 0 amide bonds. The van der Waals surface area contributed by atoms with Gasteiger partial charge in [0.25, 0.3) is 0 Å². The molecule has 0 saturated heterocycles. The van der Waals surface area contributed by atoms with Gasteiger partial charge < -0.3 is 0 Å². The van der Waals surface area contributed by atoms with Gasteiger partial charge in [0.05, 0.1) is 11.4 Å². The standard InChI is InChI=1S/C70H47N7/c1-70(2)61-39-52(67-75-68(53-26-29-63(73-42-53)48-31-35-71-36-32-48)77-69(76-67)54-27-30-64(74-43-54)49-33-37-72-38-34-49)25-28-55(61)58-40-59-60(41-62(58)70)66(51-23-19-47(20-24-51)45-13-7-4-8-14-45)57-16-10-9-15-56(57)65(59)50-21-17-46(18-22-50)44-11-5-3-6-12-44/h3-43H,1-2H3. The summed E-state index contributed by atoms with van der Waals surface area (Å²) in [7, 11) is 0. The third kappa shape index (κ3) is 8.13. The van der Waals surface area contributed by atoms with Crippen molar-refractivity contribution in [1.29, 1.82) is 0 Å². The number of aromatic nitrogens is 7. The first-order chi connectivity index (χ1) is 37.9. The van der Waals surface area contributed by atoms with Crippen LogP contribution in [-0.4, -0.2) is 34.9 Å². The van der Waals surface area contributed by atoms with Crippen LogP contribution in [0.25, 0.3) is 134 Å². The monoisotopic (exact) mass is 985 g/mol. The Morgan fingerprint density at radius 3 is 1.14 bits per heavy atom. The average molecular weight is 986 g/mol. The maximum atomic E-state index is 5.21. The van der Waals surface area contributed by atoms with E-state index in [-0.39, 0.29) is 5.41 Å². The highest BCUT2D eigenvalue weighted by molar-refractivity contribution is 6.22. The second-order valence-corrected chi connectivity index (χ2v) is 20.2. The average Bonchev–Trinajstić information content (AvgIpc) is 4.03. The number of benzene rings is 8. The summed E-state index contributed by atoms with van der Waals surface area (Å²) in [5.41, 5.74) is 20.2. The molecule has 0 aliphatic heterocycles. The third-order valence-electron chi connectivity index (χ3n) is 15.3. The fraction of sp³-hybridized carbons (Fsp3) is 0.0429. The Hall–Kier alpha value is -10.1. The van der Waals surface area contributed by atoms with Gasteiger partial charge in [-0.3, -0.25) is 19.9 Å². The highest BCUT2D eigenvalue weighted by Crippen LogP contribution is 2.54. The molecule has 14 rings (SSSR count). The summed E-state index contributed by atoms with van der Waals surface area (Å²) in [4.78, 5) is 33.6. The van der Waals surface area contributed by atoms with Crippen LogP contribution >= 0.6 is 0 Å². The van der Waals surface area contributed by atoms with E-state index >= 15 is 0 Å². The van der Waals surface area contributed by atoms with Crippen molar-refractivity contribution >= 4 is 21.5 Å². The predicted molar refractivity (Wildman–Crippen MR) is 313 cm³/mol. The van der Waals surface area contributed by atoms with E-state index < -0.39 is 0 Å². The van der Waals surface area contributed by atoms with E-state index in [2.05, 4.69) is 188 Å². The van der Waals surface area contributed by atoms with Crippen molar-refractivity contribution in [1.82, 2.24) is 34.9 Å². The van der Waals surface area contributed by atoms with Crippen molar-refractivity contribution in [3.63, 3.8) is 0 Å². The van der Waals surface area contributed by atoms with Crippen LogP contribution in [0.2, 0.25) is 0 Å². The van der Waals surface area contributed by atoms with Gasteiger partial charge in [0.2, 0.25) is 0 Å². The van der Waals surface area contributed by atoms with E-state index in [9.17, 15) is 0 Å². The lowest BCUT2D eigenvalue weighted by atomic mass is 9.79. The molecule has 7 nitrogen and oxygen atoms in total. The van der Waals surface area contributed by atoms with Crippen molar-refractivity contribution in [2.45, 2.75) is 19.3 Å².